The number of esters is 1. The van der Waals surface area contributed by atoms with Crippen LogP contribution in [0, 0.1) is 5.92 Å². The number of hydrogen-bond acceptors (Lipinski definition) is 6. The van der Waals surface area contributed by atoms with E-state index in [4.69, 9.17) is 9.57 Å². The van der Waals surface area contributed by atoms with E-state index in [2.05, 4.69) is 0 Å². The third-order valence-corrected chi connectivity index (χ3v) is 5.02. The Morgan fingerprint density at radius 2 is 2.28 bits per heavy atom. The number of ether oxygens (including phenoxy) is 1. The van der Waals surface area contributed by atoms with Crippen molar-refractivity contribution in [3.8, 4) is 0 Å². The van der Waals surface area contributed by atoms with E-state index >= 15 is 0 Å². The third-order valence-electron chi connectivity index (χ3n) is 3.88. The molecule has 0 aromatic carbocycles. The maximum atomic E-state index is 12.0. The SMILES string of the molecule is CC(=O)S[C@H]1CCOC(=O)[C@H]2[C@@H]1ON1CCC[C@H]21. The van der Waals surface area contributed by atoms with Gasteiger partial charge in [0.1, 0.15) is 12.0 Å². The lowest BCUT2D eigenvalue weighted by Crippen LogP contribution is -2.36. The lowest BCUT2D eigenvalue weighted by atomic mass is 9.91. The number of carbonyl (C=O) groups is 2. The Kier molecular flexibility index (Phi) is 3.34. The molecule has 0 bridgehead atoms. The summed E-state index contributed by atoms with van der Waals surface area (Å²) >= 11 is 1.28. The van der Waals surface area contributed by atoms with Crippen LogP contribution < -0.4 is 0 Å². The van der Waals surface area contributed by atoms with E-state index in [-0.39, 0.29) is 34.4 Å². The van der Waals surface area contributed by atoms with Gasteiger partial charge in [-0.2, -0.15) is 5.06 Å². The van der Waals surface area contributed by atoms with Crippen LogP contribution in [-0.4, -0.2) is 46.7 Å². The van der Waals surface area contributed by atoms with Gasteiger partial charge in [-0.15, -0.1) is 0 Å². The Morgan fingerprint density at radius 1 is 1.44 bits per heavy atom. The van der Waals surface area contributed by atoms with E-state index in [1.165, 1.54) is 11.8 Å². The molecule has 6 heteroatoms. The molecular weight excluding hydrogens is 254 g/mol. The summed E-state index contributed by atoms with van der Waals surface area (Å²) in [5, 5.41) is 2.03. The van der Waals surface area contributed by atoms with E-state index in [0.717, 1.165) is 19.4 Å². The van der Waals surface area contributed by atoms with Crippen molar-refractivity contribution in [2.24, 2.45) is 5.92 Å². The normalized spacial score (nSPS) is 39.9. The maximum Gasteiger partial charge on any atom is 0.313 e. The number of rotatable bonds is 1. The van der Waals surface area contributed by atoms with Crippen LogP contribution in [0.25, 0.3) is 0 Å². The molecule has 0 radical (unpaired) electrons. The number of hydrogen-bond donors (Lipinski definition) is 0. The molecular formula is C12H17NO4S. The highest BCUT2D eigenvalue weighted by Crippen LogP contribution is 2.42. The summed E-state index contributed by atoms with van der Waals surface area (Å²) in [6.07, 6.45) is 2.54. The van der Waals surface area contributed by atoms with Crippen LogP contribution in [0.1, 0.15) is 26.2 Å². The van der Waals surface area contributed by atoms with Crippen LogP contribution in [0.4, 0.5) is 0 Å². The van der Waals surface area contributed by atoms with E-state index < -0.39 is 0 Å². The number of fused-ring (bicyclic) bond motifs is 3. The second kappa shape index (κ2) is 4.83. The van der Waals surface area contributed by atoms with Crippen LogP contribution in [0.15, 0.2) is 0 Å². The second-order valence-electron chi connectivity index (χ2n) is 5.05. The van der Waals surface area contributed by atoms with Gasteiger partial charge in [0.25, 0.3) is 0 Å². The highest BCUT2D eigenvalue weighted by atomic mass is 32.2. The van der Waals surface area contributed by atoms with Crippen LogP contribution in [0.2, 0.25) is 0 Å². The van der Waals surface area contributed by atoms with Crippen LogP contribution in [0.5, 0.6) is 0 Å². The van der Waals surface area contributed by atoms with Crippen molar-refractivity contribution in [3.05, 3.63) is 0 Å². The first-order valence-corrected chi connectivity index (χ1v) is 7.32. The average Bonchev–Trinajstić information content (AvgIpc) is 2.82. The third kappa shape index (κ3) is 2.06. The van der Waals surface area contributed by atoms with Gasteiger partial charge >= 0.3 is 5.97 Å². The highest BCUT2D eigenvalue weighted by Gasteiger charge is 2.54. The topological polar surface area (TPSA) is 55.8 Å². The van der Waals surface area contributed by atoms with Crippen molar-refractivity contribution in [2.75, 3.05) is 13.2 Å². The Balaban J connectivity index is 1.83. The second-order valence-corrected chi connectivity index (χ2v) is 6.47. The smallest absolute Gasteiger partial charge is 0.313 e. The van der Waals surface area contributed by atoms with Gasteiger partial charge in [-0.3, -0.25) is 14.4 Å². The molecule has 18 heavy (non-hydrogen) atoms. The van der Waals surface area contributed by atoms with Gasteiger partial charge in [-0.05, 0) is 19.3 Å². The summed E-state index contributed by atoms with van der Waals surface area (Å²) in [4.78, 5) is 29.3. The number of thioether (sulfide) groups is 1. The molecule has 3 heterocycles. The Morgan fingerprint density at radius 3 is 3.06 bits per heavy atom. The highest BCUT2D eigenvalue weighted by molar-refractivity contribution is 8.14. The molecule has 0 aromatic rings. The van der Waals surface area contributed by atoms with E-state index in [1.54, 1.807) is 6.92 Å². The molecule has 3 fully saturated rings. The van der Waals surface area contributed by atoms with Gasteiger partial charge in [0, 0.05) is 18.7 Å². The maximum absolute atomic E-state index is 12.0. The molecule has 100 valence electrons. The molecule has 0 aliphatic carbocycles. The van der Waals surface area contributed by atoms with Crippen molar-refractivity contribution in [1.29, 1.82) is 0 Å². The van der Waals surface area contributed by atoms with Gasteiger partial charge in [0.05, 0.1) is 12.6 Å². The lowest BCUT2D eigenvalue weighted by Gasteiger charge is -2.21. The average molecular weight is 271 g/mol. The Bertz CT molecular complexity index is 375. The predicted molar refractivity (Wildman–Crippen MR) is 65.7 cm³/mol. The number of nitrogens with zero attached hydrogens (tertiary/aromatic N) is 1. The summed E-state index contributed by atoms with van der Waals surface area (Å²) in [5.74, 6) is -0.368. The zero-order chi connectivity index (χ0) is 12.7. The summed E-state index contributed by atoms with van der Waals surface area (Å²) in [7, 11) is 0. The largest absolute Gasteiger partial charge is 0.465 e. The minimum atomic E-state index is -0.216. The number of hydroxylamine groups is 2. The van der Waals surface area contributed by atoms with Gasteiger partial charge < -0.3 is 4.74 Å². The fourth-order valence-electron chi connectivity index (χ4n) is 3.16. The summed E-state index contributed by atoms with van der Waals surface area (Å²) in [6.45, 7) is 2.83. The number of carbonyl (C=O) groups excluding carboxylic acids is 2. The quantitative estimate of drug-likeness (QED) is 0.663. The van der Waals surface area contributed by atoms with Crippen molar-refractivity contribution in [1.82, 2.24) is 5.06 Å². The monoisotopic (exact) mass is 271 g/mol. The lowest BCUT2D eigenvalue weighted by molar-refractivity contribution is -0.151. The first-order valence-electron chi connectivity index (χ1n) is 6.44. The zero-order valence-electron chi connectivity index (χ0n) is 10.3. The van der Waals surface area contributed by atoms with Crippen LogP contribution in [0.3, 0.4) is 0 Å². The molecule has 3 aliphatic rings. The zero-order valence-corrected chi connectivity index (χ0v) is 11.1. The van der Waals surface area contributed by atoms with Crippen molar-refractivity contribution in [2.45, 2.75) is 43.6 Å². The molecule has 3 aliphatic heterocycles. The molecule has 3 rings (SSSR count). The summed E-state index contributed by atoms with van der Waals surface area (Å²) < 4.78 is 5.27. The van der Waals surface area contributed by atoms with Crippen molar-refractivity contribution >= 4 is 22.8 Å². The van der Waals surface area contributed by atoms with Crippen LogP contribution >= 0.6 is 11.8 Å². The first-order chi connectivity index (χ1) is 8.66. The molecule has 5 nitrogen and oxygen atoms in total. The minimum absolute atomic E-state index is 0.0320. The fraction of sp³-hybridized carbons (Fsp3) is 0.833. The molecule has 3 saturated heterocycles. The number of cyclic esters (lactones) is 1. The standard InChI is InChI=1S/C12H17NO4S/c1-7(14)18-9-4-6-16-12(15)10-8-3-2-5-13(8)17-11(9)10/h8-11H,2-6H2,1H3/t8-,9+,10-,11-/m1/s1. The Hall–Kier alpha value is -0.590. The molecule has 0 amide bonds. The molecule has 4 atom stereocenters. The molecule has 0 aromatic heterocycles. The van der Waals surface area contributed by atoms with Gasteiger partial charge in [0.2, 0.25) is 0 Å². The minimum Gasteiger partial charge on any atom is -0.465 e. The Labute approximate surface area is 110 Å². The summed E-state index contributed by atoms with van der Waals surface area (Å²) in [5.41, 5.74) is 0. The van der Waals surface area contributed by atoms with Gasteiger partial charge in [-0.25, -0.2) is 0 Å². The predicted octanol–water partition coefficient (Wildman–Crippen LogP) is 0.976. The fourth-order valence-corrected chi connectivity index (χ4v) is 4.16. The van der Waals surface area contributed by atoms with Crippen molar-refractivity contribution < 1.29 is 19.2 Å². The van der Waals surface area contributed by atoms with E-state index in [1.807, 2.05) is 5.06 Å². The van der Waals surface area contributed by atoms with Crippen molar-refractivity contribution in [3.63, 3.8) is 0 Å². The molecule has 0 N–H and O–H groups in total. The van der Waals surface area contributed by atoms with Gasteiger partial charge in [0.15, 0.2) is 5.12 Å². The molecule has 0 saturated carbocycles. The summed E-state index contributed by atoms with van der Waals surface area (Å²) in [6, 6.07) is 0.149. The van der Waals surface area contributed by atoms with E-state index in [0.29, 0.717) is 13.0 Å². The van der Waals surface area contributed by atoms with E-state index in [9.17, 15) is 9.59 Å². The molecule has 0 spiro atoms. The first kappa shape index (κ1) is 12.4. The molecule has 0 unspecified atom stereocenters. The van der Waals surface area contributed by atoms with Crippen LogP contribution in [-0.2, 0) is 19.2 Å². The van der Waals surface area contributed by atoms with Gasteiger partial charge in [-0.1, -0.05) is 11.8 Å².